The molecule has 0 aliphatic carbocycles. The predicted octanol–water partition coefficient (Wildman–Crippen LogP) is 0.653. The van der Waals surface area contributed by atoms with Crippen LogP contribution in [0, 0.1) is 0 Å². The van der Waals surface area contributed by atoms with Crippen LogP contribution >= 0.6 is 0 Å². The van der Waals surface area contributed by atoms with Crippen LogP contribution in [0.2, 0.25) is 0 Å². The highest BCUT2D eigenvalue weighted by Gasteiger charge is 2.21. The molecule has 1 radical (unpaired) electrons. The number of anilines is 1. The molecule has 4 nitrogen and oxygen atoms in total. The number of hydrogen-bond donors (Lipinski definition) is 1. The zero-order valence-corrected chi connectivity index (χ0v) is 9.17. The Bertz CT molecular complexity index is 347. The molecule has 2 rings (SSSR count). The third-order valence-electron chi connectivity index (χ3n) is 3.03. The molecule has 0 spiro atoms. The molecule has 0 unspecified atom stereocenters. The summed E-state index contributed by atoms with van der Waals surface area (Å²) < 4.78 is 0. The molecule has 1 aliphatic rings. The minimum Gasteiger partial charge on any atom is -0.397 e. The second-order valence-corrected chi connectivity index (χ2v) is 4.11. The molecule has 0 amide bonds. The lowest BCUT2D eigenvalue weighted by atomic mass is 9.86. The first-order valence-electron chi connectivity index (χ1n) is 5.53. The summed E-state index contributed by atoms with van der Waals surface area (Å²) in [4.78, 5) is 16.7. The Morgan fingerprint density at radius 2 is 2.19 bits per heavy atom. The average Bonchev–Trinajstić information content (AvgIpc) is 2.32. The zero-order chi connectivity index (χ0) is 11.4. The van der Waals surface area contributed by atoms with Crippen LogP contribution in [0.25, 0.3) is 0 Å². The van der Waals surface area contributed by atoms with Crippen LogP contribution in [-0.4, -0.2) is 36.5 Å². The summed E-state index contributed by atoms with van der Waals surface area (Å²) in [7, 11) is 1.62. The molecule has 2 heterocycles. The summed E-state index contributed by atoms with van der Waals surface area (Å²) >= 11 is 0. The number of nitrogens with two attached hydrogens (primary N) is 1. The molecule has 1 saturated heterocycles. The molecule has 0 atom stereocenters. The fourth-order valence-corrected chi connectivity index (χ4v) is 2.09. The van der Waals surface area contributed by atoms with Gasteiger partial charge in [0.15, 0.2) is 0 Å². The summed E-state index contributed by atoms with van der Waals surface area (Å²) in [5, 5.41) is 0. The molecule has 16 heavy (non-hydrogen) atoms. The maximum absolute atomic E-state index is 10.3. The summed E-state index contributed by atoms with van der Waals surface area (Å²) in [6.45, 7) is 1.85. The molecule has 2 N–H and O–H groups in total. The summed E-state index contributed by atoms with van der Waals surface area (Å²) in [5.41, 5.74) is 7.42. The Kier molecular flexibility index (Phi) is 3.56. The molecule has 5 heteroatoms. The van der Waals surface area contributed by atoms with Crippen molar-refractivity contribution < 1.29 is 4.79 Å². The topological polar surface area (TPSA) is 59.2 Å². The maximum atomic E-state index is 10.3. The van der Waals surface area contributed by atoms with E-state index >= 15 is 0 Å². The van der Waals surface area contributed by atoms with Gasteiger partial charge in [-0.2, -0.15) is 0 Å². The minimum absolute atomic E-state index is 0.497. The molecule has 0 bridgehead atoms. The molecule has 83 valence electrons. The predicted molar refractivity (Wildman–Crippen MR) is 64.7 cm³/mol. The van der Waals surface area contributed by atoms with E-state index in [0.29, 0.717) is 11.6 Å². The fraction of sp³-hybridized carbons (Fsp3) is 0.455. The Hall–Kier alpha value is -1.36. The van der Waals surface area contributed by atoms with Gasteiger partial charge < -0.3 is 15.3 Å². The average molecular weight is 216 g/mol. The first-order chi connectivity index (χ1) is 7.79. The van der Waals surface area contributed by atoms with Gasteiger partial charge in [0.05, 0.1) is 18.1 Å². The van der Waals surface area contributed by atoms with Crippen molar-refractivity contribution in [2.45, 2.75) is 18.8 Å². The Morgan fingerprint density at radius 1 is 1.44 bits per heavy atom. The van der Waals surface area contributed by atoms with Crippen LogP contribution < -0.4 is 5.73 Å². The van der Waals surface area contributed by atoms with E-state index < -0.39 is 0 Å². The van der Waals surface area contributed by atoms with Crippen molar-refractivity contribution in [2.75, 3.05) is 18.8 Å². The monoisotopic (exact) mass is 216 g/mol. The Labute approximate surface area is 96.1 Å². The lowest BCUT2D eigenvalue weighted by Gasteiger charge is -2.30. The lowest BCUT2D eigenvalue weighted by molar-refractivity contribution is 0.328. The molecule has 1 fully saturated rings. The third-order valence-corrected chi connectivity index (χ3v) is 3.03. The van der Waals surface area contributed by atoms with Crippen LogP contribution in [0.4, 0.5) is 5.69 Å². The van der Waals surface area contributed by atoms with Crippen molar-refractivity contribution in [2.24, 2.45) is 0 Å². The third kappa shape index (κ3) is 2.61. The van der Waals surface area contributed by atoms with E-state index in [9.17, 15) is 4.79 Å². The minimum atomic E-state index is 0.497. The first-order valence-corrected chi connectivity index (χ1v) is 5.53. The van der Waals surface area contributed by atoms with Gasteiger partial charge >= 0.3 is 0 Å². The number of rotatable bonds is 3. The van der Waals surface area contributed by atoms with E-state index in [1.165, 1.54) is 0 Å². The zero-order valence-electron chi connectivity index (χ0n) is 9.17. The van der Waals surface area contributed by atoms with Gasteiger partial charge in [-0.05, 0) is 38.1 Å². The standard InChI is InChI=1S/C11H15BN3O/c13-10-1-2-11(14-7-10)9-3-5-15(6-4-9)12-8-16/h1-2,7-9H,3-6,13H2. The smallest absolute Gasteiger partial charge is 0.293 e. The quantitative estimate of drug-likeness (QED) is 0.595. The van der Waals surface area contributed by atoms with Gasteiger partial charge in [0.2, 0.25) is 0 Å². The maximum Gasteiger partial charge on any atom is 0.293 e. The molecule has 1 aromatic rings. The lowest BCUT2D eigenvalue weighted by Crippen LogP contribution is -2.36. The van der Waals surface area contributed by atoms with Gasteiger partial charge in [0, 0.05) is 11.6 Å². The number of hydrogen-bond acceptors (Lipinski definition) is 4. The number of pyridine rings is 1. The number of nitrogen functional groups attached to an aromatic ring is 1. The summed E-state index contributed by atoms with van der Waals surface area (Å²) in [5.74, 6) is 0.497. The van der Waals surface area contributed by atoms with Crippen LogP contribution in [0.3, 0.4) is 0 Å². The van der Waals surface area contributed by atoms with Crippen LogP contribution in [0.15, 0.2) is 18.3 Å². The SMILES string of the molecule is Nc1ccc(C2CCN([B]C=O)CC2)nc1. The van der Waals surface area contributed by atoms with Crippen molar-refractivity contribution in [3.63, 3.8) is 0 Å². The molecular formula is C11H15BN3O. The number of carbonyl (C=O) groups is 1. The van der Waals surface area contributed by atoms with E-state index in [4.69, 9.17) is 5.73 Å². The second-order valence-electron chi connectivity index (χ2n) is 4.11. The summed E-state index contributed by atoms with van der Waals surface area (Å²) in [6.07, 6.45) is 4.64. The van der Waals surface area contributed by atoms with Crippen LogP contribution in [-0.2, 0) is 4.79 Å². The van der Waals surface area contributed by atoms with Gasteiger partial charge in [-0.15, -0.1) is 0 Å². The van der Waals surface area contributed by atoms with Crippen molar-refractivity contribution in [3.05, 3.63) is 24.0 Å². The van der Waals surface area contributed by atoms with E-state index in [2.05, 4.69) is 9.79 Å². The first kappa shape index (κ1) is 11.1. The largest absolute Gasteiger partial charge is 0.397 e. The van der Waals surface area contributed by atoms with Gasteiger partial charge in [-0.3, -0.25) is 4.98 Å². The van der Waals surface area contributed by atoms with Crippen molar-refractivity contribution in [1.29, 1.82) is 0 Å². The highest BCUT2D eigenvalue weighted by Crippen LogP contribution is 2.26. The van der Waals surface area contributed by atoms with E-state index in [1.54, 1.807) is 13.6 Å². The molecular weight excluding hydrogens is 201 g/mol. The number of nitrogens with zero attached hydrogens (tertiary/aromatic N) is 2. The Balaban J connectivity index is 1.93. The van der Waals surface area contributed by atoms with Gasteiger partial charge in [0.1, 0.15) is 0 Å². The number of carbonyl (C=O) groups excluding carboxylic acids is 1. The highest BCUT2D eigenvalue weighted by molar-refractivity contribution is 6.64. The fourth-order valence-electron chi connectivity index (χ4n) is 2.09. The normalized spacial score (nSPS) is 18.2. The number of piperidine rings is 1. The van der Waals surface area contributed by atoms with Crippen LogP contribution in [0.1, 0.15) is 24.5 Å². The second kappa shape index (κ2) is 5.12. The highest BCUT2D eigenvalue weighted by atomic mass is 16.1. The van der Waals surface area contributed by atoms with Gasteiger partial charge in [-0.25, -0.2) is 0 Å². The van der Waals surface area contributed by atoms with Crippen molar-refractivity contribution in [1.82, 2.24) is 9.79 Å². The molecule has 0 saturated carbocycles. The van der Waals surface area contributed by atoms with E-state index in [0.717, 1.165) is 37.8 Å². The Morgan fingerprint density at radius 3 is 2.75 bits per heavy atom. The van der Waals surface area contributed by atoms with Crippen molar-refractivity contribution >= 4 is 19.3 Å². The summed E-state index contributed by atoms with van der Waals surface area (Å²) in [6, 6.07) is 3.89. The van der Waals surface area contributed by atoms with E-state index in [1.807, 2.05) is 12.1 Å². The van der Waals surface area contributed by atoms with Gasteiger partial charge in [0.25, 0.3) is 7.41 Å². The number of aromatic nitrogens is 1. The van der Waals surface area contributed by atoms with Crippen LogP contribution in [0.5, 0.6) is 0 Å². The molecule has 1 aromatic heterocycles. The van der Waals surface area contributed by atoms with Gasteiger partial charge in [-0.1, -0.05) is 0 Å². The van der Waals surface area contributed by atoms with E-state index in [-0.39, 0.29) is 0 Å². The molecule has 1 aliphatic heterocycles. The van der Waals surface area contributed by atoms with Crippen molar-refractivity contribution in [3.8, 4) is 0 Å². The molecule has 0 aromatic carbocycles.